The Labute approximate surface area is 141 Å². The summed E-state index contributed by atoms with van der Waals surface area (Å²) in [6.45, 7) is 6.97. The van der Waals surface area contributed by atoms with Crippen molar-refractivity contribution in [2.24, 2.45) is 0 Å². The van der Waals surface area contributed by atoms with Crippen LogP contribution in [0.5, 0.6) is 0 Å². The number of aromatic amines is 1. The summed E-state index contributed by atoms with van der Waals surface area (Å²) in [5.74, 6) is 0.617. The summed E-state index contributed by atoms with van der Waals surface area (Å²) in [4.78, 5) is 8.42. The maximum atomic E-state index is 6.17. The second-order valence-corrected chi connectivity index (χ2v) is 5.11. The molecular weight excluding hydrogens is 312 g/mol. The number of nitrogens with one attached hydrogen (secondary N) is 1. The van der Waals surface area contributed by atoms with E-state index in [2.05, 4.69) is 20.2 Å². The fraction of sp³-hybridized carbons (Fsp3) is 0.353. The highest BCUT2D eigenvalue weighted by Gasteiger charge is 2.12. The molecule has 0 aliphatic carbocycles. The number of benzene rings is 1. The number of hydrogen-bond donors (Lipinski definition) is 1. The number of hydrogen-bond acceptors (Lipinski definition) is 4. The lowest BCUT2D eigenvalue weighted by molar-refractivity contribution is 0.123. The lowest BCUT2D eigenvalue weighted by atomic mass is 10.2. The first-order valence-corrected chi connectivity index (χ1v) is 8.10. The first-order valence-electron chi connectivity index (χ1n) is 7.73. The molecule has 0 amide bonds. The molecule has 1 aromatic carbocycles. The molecule has 0 saturated carbocycles. The number of nitrogens with zero attached hydrogens (tertiary/aromatic N) is 3. The Kier molecular flexibility index (Phi) is 6.50. The average Bonchev–Trinajstić information content (AvgIpc) is 2.97. The molecule has 0 fully saturated rings. The van der Waals surface area contributed by atoms with Gasteiger partial charge in [0.25, 0.3) is 0 Å². The molecule has 6 heteroatoms. The van der Waals surface area contributed by atoms with Crippen LogP contribution < -0.4 is 0 Å². The van der Waals surface area contributed by atoms with E-state index >= 15 is 0 Å². The summed E-state index contributed by atoms with van der Waals surface area (Å²) in [5.41, 5.74) is 2.66. The van der Waals surface area contributed by atoms with Gasteiger partial charge in [-0.1, -0.05) is 55.8 Å². The van der Waals surface area contributed by atoms with E-state index in [1.165, 1.54) is 0 Å². The number of H-pyrrole nitrogens is 1. The van der Waals surface area contributed by atoms with Crippen molar-refractivity contribution in [3.63, 3.8) is 0 Å². The fourth-order valence-electron chi connectivity index (χ4n) is 2.16. The third-order valence-corrected chi connectivity index (χ3v) is 3.44. The minimum absolute atomic E-state index is 0.435. The molecular formula is C17H21ClN4O. The Morgan fingerprint density at radius 3 is 2.61 bits per heavy atom. The average molecular weight is 333 g/mol. The Hall–Kier alpha value is -1.98. The number of aryl methyl sites for hydroxylation is 1. The molecule has 0 radical (unpaired) electrons. The minimum Gasteiger partial charge on any atom is -0.376 e. The van der Waals surface area contributed by atoms with Crippen molar-refractivity contribution >= 4 is 22.6 Å². The summed E-state index contributed by atoms with van der Waals surface area (Å²) in [7, 11) is 0. The zero-order chi connectivity index (χ0) is 16.7. The zero-order valence-electron chi connectivity index (χ0n) is 13.6. The summed E-state index contributed by atoms with van der Waals surface area (Å²) < 4.78 is 5.67. The highest BCUT2D eigenvalue weighted by atomic mass is 35.5. The van der Waals surface area contributed by atoms with Gasteiger partial charge in [-0.25, -0.2) is 9.97 Å². The van der Waals surface area contributed by atoms with E-state index in [0.717, 1.165) is 16.6 Å². The molecule has 0 saturated heterocycles. The van der Waals surface area contributed by atoms with Crippen LogP contribution in [0, 0.1) is 6.92 Å². The van der Waals surface area contributed by atoms with Gasteiger partial charge >= 0.3 is 0 Å². The normalized spacial score (nSPS) is 10.4. The first-order chi connectivity index (χ1) is 11.2. The van der Waals surface area contributed by atoms with Gasteiger partial charge in [-0.15, -0.1) is 0 Å². The maximum Gasteiger partial charge on any atom is 0.186 e. The topological polar surface area (TPSA) is 63.7 Å². The minimum atomic E-state index is 0.435. The largest absolute Gasteiger partial charge is 0.376 e. The van der Waals surface area contributed by atoms with E-state index in [9.17, 15) is 0 Å². The van der Waals surface area contributed by atoms with E-state index < -0.39 is 0 Å². The first kappa shape index (κ1) is 17.4. The molecule has 0 aliphatic heterocycles. The van der Waals surface area contributed by atoms with Gasteiger partial charge in [0.05, 0.1) is 24.3 Å². The predicted octanol–water partition coefficient (Wildman–Crippen LogP) is 4.10. The molecule has 23 heavy (non-hydrogen) atoms. The van der Waals surface area contributed by atoms with E-state index in [4.69, 9.17) is 16.3 Å². The van der Waals surface area contributed by atoms with E-state index in [1.54, 1.807) is 6.92 Å². The number of ether oxygens (including phenoxy) is 1. The SMILES string of the molecule is CC.Cc1nc(Cl)c2c(CCOCc3ccccc3)[nH]nc2n1. The molecule has 2 aromatic heterocycles. The highest BCUT2D eigenvalue weighted by Crippen LogP contribution is 2.22. The number of rotatable bonds is 5. The van der Waals surface area contributed by atoms with Crippen molar-refractivity contribution in [2.45, 2.75) is 33.8 Å². The molecule has 0 aliphatic rings. The highest BCUT2D eigenvalue weighted by molar-refractivity contribution is 6.34. The number of aromatic nitrogens is 4. The molecule has 122 valence electrons. The van der Waals surface area contributed by atoms with Gasteiger partial charge in [-0.05, 0) is 12.5 Å². The molecule has 2 heterocycles. The smallest absolute Gasteiger partial charge is 0.186 e. The summed E-state index contributed by atoms with van der Waals surface area (Å²) in [6.07, 6.45) is 0.690. The van der Waals surface area contributed by atoms with Crippen LogP contribution in [-0.4, -0.2) is 26.8 Å². The molecule has 1 N–H and O–H groups in total. The van der Waals surface area contributed by atoms with Crippen LogP contribution in [0.1, 0.15) is 30.9 Å². The van der Waals surface area contributed by atoms with Crippen LogP contribution in [-0.2, 0) is 17.8 Å². The monoisotopic (exact) mass is 332 g/mol. The van der Waals surface area contributed by atoms with Crippen molar-refractivity contribution in [2.75, 3.05) is 6.61 Å². The van der Waals surface area contributed by atoms with Gasteiger partial charge in [0.2, 0.25) is 0 Å². The van der Waals surface area contributed by atoms with Gasteiger partial charge in [0.15, 0.2) is 5.65 Å². The van der Waals surface area contributed by atoms with Crippen LogP contribution in [0.15, 0.2) is 30.3 Å². The second-order valence-electron chi connectivity index (χ2n) is 4.75. The Bertz CT molecular complexity index is 743. The standard InChI is InChI=1S/C15H15ClN4O.C2H6/c1-10-17-14(16)13-12(19-20-15(13)18-10)7-8-21-9-11-5-3-2-4-6-11;1-2/h2-6H,7-9H2,1H3,(H,17,18,19,20);1-2H3. The van der Waals surface area contributed by atoms with Crippen LogP contribution >= 0.6 is 11.6 Å². The number of halogens is 1. The molecule has 3 aromatic rings. The van der Waals surface area contributed by atoms with E-state index in [0.29, 0.717) is 36.3 Å². The maximum absolute atomic E-state index is 6.17. The van der Waals surface area contributed by atoms with Crippen molar-refractivity contribution in [3.05, 3.63) is 52.6 Å². The van der Waals surface area contributed by atoms with Gasteiger partial charge < -0.3 is 4.74 Å². The van der Waals surface area contributed by atoms with Crippen molar-refractivity contribution in [1.29, 1.82) is 0 Å². The van der Waals surface area contributed by atoms with Crippen LogP contribution in [0.25, 0.3) is 11.0 Å². The van der Waals surface area contributed by atoms with Crippen molar-refractivity contribution in [3.8, 4) is 0 Å². The van der Waals surface area contributed by atoms with Gasteiger partial charge in [-0.2, -0.15) is 5.10 Å². The van der Waals surface area contributed by atoms with Crippen LogP contribution in [0.2, 0.25) is 5.15 Å². The molecule has 0 unspecified atom stereocenters. The van der Waals surface area contributed by atoms with Crippen LogP contribution in [0.4, 0.5) is 0 Å². The molecule has 0 bridgehead atoms. The summed E-state index contributed by atoms with van der Waals surface area (Å²) >= 11 is 6.17. The third-order valence-electron chi connectivity index (χ3n) is 3.16. The predicted molar refractivity (Wildman–Crippen MR) is 92.6 cm³/mol. The molecule has 3 rings (SSSR count). The Balaban J connectivity index is 0.000000924. The molecule has 5 nitrogen and oxygen atoms in total. The quantitative estimate of drug-likeness (QED) is 0.564. The fourth-order valence-corrected chi connectivity index (χ4v) is 2.48. The molecule has 0 spiro atoms. The lowest BCUT2D eigenvalue weighted by Crippen LogP contribution is -2.00. The molecule has 0 atom stereocenters. The zero-order valence-corrected chi connectivity index (χ0v) is 14.4. The Morgan fingerprint density at radius 1 is 1.13 bits per heavy atom. The van der Waals surface area contributed by atoms with Gasteiger partial charge in [0.1, 0.15) is 11.0 Å². The second kappa shape index (κ2) is 8.60. The van der Waals surface area contributed by atoms with Crippen LogP contribution in [0.3, 0.4) is 0 Å². The van der Waals surface area contributed by atoms with E-state index in [1.807, 2.05) is 44.2 Å². The Morgan fingerprint density at radius 2 is 1.87 bits per heavy atom. The summed E-state index contributed by atoms with van der Waals surface area (Å²) in [6, 6.07) is 10.1. The van der Waals surface area contributed by atoms with E-state index in [-0.39, 0.29) is 0 Å². The van der Waals surface area contributed by atoms with Crippen molar-refractivity contribution < 1.29 is 4.74 Å². The third kappa shape index (κ3) is 4.50. The van der Waals surface area contributed by atoms with Crippen molar-refractivity contribution in [1.82, 2.24) is 20.2 Å². The number of fused-ring (bicyclic) bond motifs is 1. The summed E-state index contributed by atoms with van der Waals surface area (Å²) in [5, 5.41) is 8.34. The van der Waals surface area contributed by atoms with Gasteiger partial charge in [-0.3, -0.25) is 5.10 Å². The lowest BCUT2D eigenvalue weighted by Gasteiger charge is -2.04. The van der Waals surface area contributed by atoms with Gasteiger partial charge in [0, 0.05) is 6.42 Å².